The molecule has 0 aromatic carbocycles. The van der Waals surface area contributed by atoms with Gasteiger partial charge in [-0.2, -0.15) is 0 Å². The van der Waals surface area contributed by atoms with Crippen LogP contribution in [0.1, 0.15) is 181 Å². The van der Waals surface area contributed by atoms with Gasteiger partial charge in [-0.3, -0.25) is 28.8 Å². The van der Waals surface area contributed by atoms with E-state index in [1.165, 1.54) is 30.6 Å². The number of carbonyl (C=O) groups excluding carboxylic acids is 6. The van der Waals surface area contributed by atoms with Gasteiger partial charge in [0.15, 0.2) is 12.4 Å². The quantitative estimate of drug-likeness (QED) is 0.0249. The first-order chi connectivity index (χ1) is 28.5. The van der Waals surface area contributed by atoms with Crippen LogP contribution in [0.15, 0.2) is 12.0 Å². The number of unbranched alkanes of at least 4 members (excludes halogenated alkanes) is 15. The highest BCUT2D eigenvalue weighted by Crippen LogP contribution is 2.15. The molecule has 0 saturated heterocycles. The second-order valence-electron chi connectivity index (χ2n) is 15.3. The van der Waals surface area contributed by atoms with Gasteiger partial charge in [0, 0.05) is 44.5 Å². The third-order valence-corrected chi connectivity index (χ3v) is 10.4. The Morgan fingerprint density at radius 3 is 1.42 bits per heavy atom. The Hall–Kier alpha value is -3.13. The maximum absolute atomic E-state index is 13.2. The van der Waals surface area contributed by atoms with Gasteiger partial charge < -0.3 is 33.5 Å². The first-order valence-electron chi connectivity index (χ1n) is 22.6. The average Bonchev–Trinajstić information content (AvgIpc) is 3.21. The number of esters is 5. The summed E-state index contributed by atoms with van der Waals surface area (Å²) in [7, 11) is 3.90. The number of amides is 1. The number of thioether (sulfide) groups is 1. The van der Waals surface area contributed by atoms with Crippen LogP contribution in [0, 0.1) is 0 Å². The second-order valence-corrected chi connectivity index (χ2v) is 16.4. The number of ether oxygens (including phenoxy) is 5. The lowest BCUT2D eigenvalue weighted by Crippen LogP contribution is -2.33. The monoisotopic (exact) mass is 857 g/mol. The van der Waals surface area contributed by atoms with Crippen molar-refractivity contribution in [1.29, 1.82) is 0 Å². The molecule has 0 rings (SSSR count). The highest BCUT2D eigenvalue weighted by Gasteiger charge is 2.19. The molecular formula is C45H80N2O11S. The van der Waals surface area contributed by atoms with Crippen LogP contribution in [-0.2, 0) is 47.7 Å². The van der Waals surface area contributed by atoms with Crippen LogP contribution in [0.3, 0.4) is 0 Å². The molecule has 0 N–H and O–H groups in total. The van der Waals surface area contributed by atoms with E-state index in [4.69, 9.17) is 23.7 Å². The van der Waals surface area contributed by atoms with Crippen molar-refractivity contribution in [3.8, 4) is 0 Å². The maximum Gasteiger partial charge on any atom is 0.311 e. The number of hydrogen-bond donors (Lipinski definition) is 0. The topological polar surface area (TPSA) is 155 Å². The molecule has 0 unspecified atom stereocenters. The summed E-state index contributed by atoms with van der Waals surface area (Å²) in [5.74, 6) is -1.92. The van der Waals surface area contributed by atoms with E-state index in [1.54, 1.807) is 0 Å². The highest BCUT2D eigenvalue weighted by molar-refractivity contribution is 8.13. The fraction of sp³-hybridized carbons (Fsp3) is 0.822. The van der Waals surface area contributed by atoms with E-state index >= 15 is 0 Å². The van der Waals surface area contributed by atoms with Crippen LogP contribution >= 0.6 is 11.8 Å². The van der Waals surface area contributed by atoms with E-state index in [2.05, 4.69) is 20.8 Å². The molecule has 0 aromatic heterocycles. The molecule has 342 valence electrons. The average molecular weight is 857 g/mol. The van der Waals surface area contributed by atoms with E-state index < -0.39 is 30.5 Å². The summed E-state index contributed by atoms with van der Waals surface area (Å²) in [6, 6.07) is 0. The van der Waals surface area contributed by atoms with Gasteiger partial charge >= 0.3 is 29.8 Å². The molecular weight excluding hydrogens is 777 g/mol. The Morgan fingerprint density at radius 2 is 0.915 bits per heavy atom. The summed E-state index contributed by atoms with van der Waals surface area (Å²) in [5.41, 5.74) is 0. The highest BCUT2D eigenvalue weighted by atomic mass is 32.2. The summed E-state index contributed by atoms with van der Waals surface area (Å²) in [6.07, 6.45) is 21.3. The smallest absolute Gasteiger partial charge is 0.311 e. The number of nitrogens with zero attached hydrogens (tertiary/aromatic N) is 2. The number of hydrogen-bond acceptors (Lipinski definition) is 13. The summed E-state index contributed by atoms with van der Waals surface area (Å²) < 4.78 is 26.7. The lowest BCUT2D eigenvalue weighted by atomic mass is 10.1. The molecule has 0 fully saturated rings. The van der Waals surface area contributed by atoms with Crippen LogP contribution in [-0.4, -0.2) is 104 Å². The third-order valence-electron chi connectivity index (χ3n) is 9.37. The van der Waals surface area contributed by atoms with Gasteiger partial charge in [0.05, 0.1) is 26.1 Å². The predicted molar refractivity (Wildman–Crippen MR) is 234 cm³/mol. The van der Waals surface area contributed by atoms with Crippen molar-refractivity contribution in [2.24, 2.45) is 0 Å². The van der Waals surface area contributed by atoms with Crippen molar-refractivity contribution in [1.82, 2.24) is 9.80 Å². The molecule has 0 atom stereocenters. The van der Waals surface area contributed by atoms with E-state index in [1.807, 2.05) is 19.0 Å². The van der Waals surface area contributed by atoms with Gasteiger partial charge in [0.25, 0.3) is 5.24 Å². The molecule has 0 aliphatic rings. The van der Waals surface area contributed by atoms with Crippen LogP contribution in [0.25, 0.3) is 0 Å². The van der Waals surface area contributed by atoms with Gasteiger partial charge in [0.2, 0.25) is 0 Å². The fourth-order valence-corrected chi connectivity index (χ4v) is 6.61. The Labute approximate surface area is 360 Å². The Balaban J connectivity index is 5.10. The summed E-state index contributed by atoms with van der Waals surface area (Å²) >= 11 is 1.12. The Kier molecular flexibility index (Phi) is 38.1. The maximum atomic E-state index is 13.2. The lowest BCUT2D eigenvalue weighted by Gasteiger charge is -2.22. The molecule has 0 saturated carbocycles. The van der Waals surface area contributed by atoms with Crippen LogP contribution in [0.4, 0.5) is 4.79 Å². The SMILES string of the molecule is CCCCCCCCC(=O)O/C=C(/COC(=O)CCN(CCC(=O)OCCCOC(=O)CCCCCCCC)C(=O)SCCCN(C)C)OC(=O)CCCCCCCC. The molecule has 0 heterocycles. The summed E-state index contributed by atoms with van der Waals surface area (Å²) in [4.78, 5) is 79.1. The minimum absolute atomic E-state index is 0.00963. The van der Waals surface area contributed by atoms with Crippen molar-refractivity contribution in [2.75, 3.05) is 59.3 Å². The standard InChI is InChI=1S/C45H80N2O11S/c1-6-9-12-15-18-21-26-40(48)54-34-25-35-55-42(50)29-32-47(45(53)59-36-24-31-46(4)5)33-30-43(51)57-38-39(58-44(52)28-23-20-17-14-11-8-3)37-56-41(49)27-22-19-16-13-10-7-2/h37H,6-36,38H2,1-5H3/b39-37-. The molecule has 0 aromatic rings. The van der Waals surface area contributed by atoms with Crippen LogP contribution < -0.4 is 0 Å². The molecule has 0 aliphatic heterocycles. The van der Waals surface area contributed by atoms with Crippen molar-refractivity contribution in [3.05, 3.63) is 12.0 Å². The molecule has 13 nitrogen and oxygen atoms in total. The molecule has 59 heavy (non-hydrogen) atoms. The zero-order valence-electron chi connectivity index (χ0n) is 37.5. The second kappa shape index (κ2) is 40.3. The van der Waals surface area contributed by atoms with Crippen molar-refractivity contribution in [3.63, 3.8) is 0 Å². The minimum atomic E-state index is -0.662. The minimum Gasteiger partial charge on any atom is -0.466 e. The largest absolute Gasteiger partial charge is 0.466 e. The predicted octanol–water partition coefficient (Wildman–Crippen LogP) is 10.1. The lowest BCUT2D eigenvalue weighted by molar-refractivity contribution is -0.148. The fourth-order valence-electron chi connectivity index (χ4n) is 5.80. The van der Waals surface area contributed by atoms with Crippen molar-refractivity contribution >= 4 is 46.8 Å². The zero-order valence-corrected chi connectivity index (χ0v) is 38.3. The summed E-state index contributed by atoms with van der Waals surface area (Å²) in [6.45, 7) is 7.10. The molecule has 0 aliphatic carbocycles. The van der Waals surface area contributed by atoms with Gasteiger partial charge in [0.1, 0.15) is 6.26 Å². The third kappa shape index (κ3) is 37.6. The Morgan fingerprint density at radius 1 is 0.475 bits per heavy atom. The van der Waals surface area contributed by atoms with Crippen LogP contribution in [0.2, 0.25) is 0 Å². The van der Waals surface area contributed by atoms with Crippen molar-refractivity contribution in [2.45, 2.75) is 181 Å². The first kappa shape index (κ1) is 55.9. The molecule has 14 heteroatoms. The van der Waals surface area contributed by atoms with E-state index in [9.17, 15) is 28.8 Å². The zero-order chi connectivity index (χ0) is 43.8. The van der Waals surface area contributed by atoms with Gasteiger partial charge in [-0.1, -0.05) is 129 Å². The van der Waals surface area contributed by atoms with Gasteiger partial charge in [-0.05, 0) is 46.3 Å². The molecule has 1 amide bonds. The van der Waals surface area contributed by atoms with Crippen LogP contribution in [0.5, 0.6) is 0 Å². The number of rotatable bonds is 39. The number of carbonyl (C=O) groups is 6. The molecule has 0 radical (unpaired) electrons. The van der Waals surface area contributed by atoms with E-state index in [-0.39, 0.29) is 69.0 Å². The van der Waals surface area contributed by atoms with Gasteiger partial charge in [-0.15, -0.1) is 0 Å². The summed E-state index contributed by atoms with van der Waals surface area (Å²) in [5, 5.41) is -0.275. The first-order valence-corrected chi connectivity index (χ1v) is 23.6. The van der Waals surface area contributed by atoms with Crippen molar-refractivity contribution < 1.29 is 52.5 Å². The molecule has 0 bridgehead atoms. The van der Waals surface area contributed by atoms with E-state index in [0.717, 1.165) is 108 Å². The van der Waals surface area contributed by atoms with E-state index in [0.29, 0.717) is 31.4 Å². The Bertz CT molecular complexity index is 1160. The van der Waals surface area contributed by atoms with Gasteiger partial charge in [-0.25, -0.2) is 0 Å². The molecule has 0 spiro atoms. The normalized spacial score (nSPS) is 11.3.